The van der Waals surface area contributed by atoms with Gasteiger partial charge in [-0.25, -0.2) is 0 Å². The number of benzene rings is 1. The number of carbonyl (C=O) groups excluding carboxylic acids is 1. The van der Waals surface area contributed by atoms with E-state index >= 15 is 0 Å². The van der Waals surface area contributed by atoms with Gasteiger partial charge in [-0.05, 0) is 18.2 Å². The molecule has 1 aromatic rings. The predicted molar refractivity (Wildman–Crippen MR) is 51.2 cm³/mol. The van der Waals surface area contributed by atoms with Gasteiger partial charge in [0.1, 0.15) is 5.75 Å². The second-order valence-corrected chi connectivity index (χ2v) is 3.19. The fraction of sp³-hybridized carbons (Fsp3) is 0.125. The first-order chi connectivity index (χ1) is 5.65. The van der Waals surface area contributed by atoms with Crippen LogP contribution in [-0.2, 0) is 0 Å². The summed E-state index contributed by atoms with van der Waals surface area (Å²) < 4.78 is 0. The highest BCUT2D eigenvalue weighted by Crippen LogP contribution is 2.23. The predicted octanol–water partition coefficient (Wildman–Crippen LogP) is 2.62. The van der Waals surface area contributed by atoms with Gasteiger partial charge in [-0.3, -0.25) is 4.79 Å². The highest BCUT2D eigenvalue weighted by molar-refractivity contribution is 9.09. The second-order valence-electron chi connectivity index (χ2n) is 2.22. The molecular weight excluding hydrogens is 243 g/mol. The zero-order valence-electron chi connectivity index (χ0n) is 6.05. The molecule has 0 saturated heterocycles. The fourth-order valence-electron chi connectivity index (χ4n) is 0.757. The van der Waals surface area contributed by atoms with Gasteiger partial charge in [0.05, 0.1) is 10.4 Å². The number of alkyl halides is 1. The van der Waals surface area contributed by atoms with Crippen molar-refractivity contribution in [2.75, 3.05) is 5.33 Å². The van der Waals surface area contributed by atoms with Crippen LogP contribution in [0.3, 0.4) is 0 Å². The lowest BCUT2D eigenvalue weighted by molar-refractivity contribution is 0.102. The van der Waals surface area contributed by atoms with E-state index < -0.39 is 0 Å². The molecule has 0 saturated carbocycles. The molecule has 0 spiro atoms. The molecule has 1 rings (SSSR count). The van der Waals surface area contributed by atoms with Gasteiger partial charge in [0.15, 0.2) is 5.78 Å². The zero-order chi connectivity index (χ0) is 9.14. The number of halogens is 2. The summed E-state index contributed by atoms with van der Waals surface area (Å²) in [6, 6.07) is 4.38. The van der Waals surface area contributed by atoms with E-state index in [1.165, 1.54) is 18.2 Å². The second kappa shape index (κ2) is 3.92. The smallest absolute Gasteiger partial charge is 0.173 e. The maximum absolute atomic E-state index is 11.1. The van der Waals surface area contributed by atoms with Crippen molar-refractivity contribution in [1.29, 1.82) is 0 Å². The van der Waals surface area contributed by atoms with Gasteiger partial charge in [-0.2, -0.15) is 0 Å². The summed E-state index contributed by atoms with van der Waals surface area (Å²) in [5, 5.41) is 9.50. The van der Waals surface area contributed by atoms with Crippen molar-refractivity contribution in [2.45, 2.75) is 0 Å². The van der Waals surface area contributed by atoms with E-state index in [2.05, 4.69) is 15.9 Å². The van der Waals surface area contributed by atoms with Crippen LogP contribution in [0.4, 0.5) is 0 Å². The van der Waals surface area contributed by atoms with Gasteiger partial charge in [0.25, 0.3) is 0 Å². The maximum Gasteiger partial charge on any atom is 0.173 e. The summed E-state index contributed by atoms with van der Waals surface area (Å²) in [4.78, 5) is 11.1. The number of Topliss-reactive ketones (excluding diaryl/α,β-unsaturated/α-hetero) is 1. The Morgan fingerprint density at radius 3 is 2.75 bits per heavy atom. The van der Waals surface area contributed by atoms with Gasteiger partial charge < -0.3 is 5.11 Å². The lowest BCUT2D eigenvalue weighted by Gasteiger charge is -1.99. The number of phenols is 1. The Labute approximate surface area is 83.3 Å². The van der Waals surface area contributed by atoms with Crippen molar-refractivity contribution >= 4 is 33.3 Å². The number of carbonyl (C=O) groups is 1. The fourth-order valence-corrected chi connectivity index (χ4v) is 1.26. The molecule has 0 radical (unpaired) electrons. The molecule has 0 heterocycles. The molecule has 1 N–H and O–H groups in total. The lowest BCUT2D eigenvalue weighted by atomic mass is 10.1. The van der Waals surface area contributed by atoms with Crippen LogP contribution in [0.25, 0.3) is 0 Å². The van der Waals surface area contributed by atoms with E-state index in [0.29, 0.717) is 5.56 Å². The van der Waals surface area contributed by atoms with Crippen molar-refractivity contribution < 1.29 is 9.90 Å². The van der Waals surface area contributed by atoms with Crippen LogP contribution in [0.2, 0.25) is 5.02 Å². The first kappa shape index (κ1) is 9.55. The van der Waals surface area contributed by atoms with Crippen molar-refractivity contribution in [2.24, 2.45) is 0 Å². The van der Waals surface area contributed by atoms with Crippen LogP contribution >= 0.6 is 27.5 Å². The first-order valence-corrected chi connectivity index (χ1v) is 4.72. The van der Waals surface area contributed by atoms with Crippen molar-refractivity contribution in [3.63, 3.8) is 0 Å². The van der Waals surface area contributed by atoms with Gasteiger partial charge >= 0.3 is 0 Å². The SMILES string of the molecule is O=C(CBr)c1ccc(O)c(Cl)c1. The molecule has 0 atom stereocenters. The minimum atomic E-state index is -0.0584. The molecule has 12 heavy (non-hydrogen) atoms. The molecule has 2 nitrogen and oxygen atoms in total. The molecule has 4 heteroatoms. The number of hydrogen-bond acceptors (Lipinski definition) is 2. The Bertz CT molecular complexity index is 312. The highest BCUT2D eigenvalue weighted by Gasteiger charge is 2.05. The Morgan fingerprint density at radius 1 is 1.58 bits per heavy atom. The van der Waals surface area contributed by atoms with E-state index in [-0.39, 0.29) is 21.9 Å². The van der Waals surface area contributed by atoms with Crippen LogP contribution in [0.5, 0.6) is 5.75 Å². The molecule has 0 aliphatic heterocycles. The molecule has 64 valence electrons. The van der Waals surface area contributed by atoms with Crippen LogP contribution in [0.15, 0.2) is 18.2 Å². The van der Waals surface area contributed by atoms with Crippen LogP contribution in [-0.4, -0.2) is 16.2 Å². The van der Waals surface area contributed by atoms with Gasteiger partial charge in [0, 0.05) is 5.56 Å². The van der Waals surface area contributed by atoms with Gasteiger partial charge in [-0.15, -0.1) is 0 Å². The zero-order valence-corrected chi connectivity index (χ0v) is 8.39. The molecule has 0 amide bonds. The topological polar surface area (TPSA) is 37.3 Å². The number of ketones is 1. The normalized spacial score (nSPS) is 9.83. The van der Waals surface area contributed by atoms with E-state index in [0.717, 1.165) is 0 Å². The van der Waals surface area contributed by atoms with E-state index in [1.807, 2.05) is 0 Å². The minimum Gasteiger partial charge on any atom is -0.506 e. The van der Waals surface area contributed by atoms with E-state index in [1.54, 1.807) is 0 Å². The van der Waals surface area contributed by atoms with Crippen molar-refractivity contribution in [3.05, 3.63) is 28.8 Å². The molecule has 0 fully saturated rings. The molecular formula is C8H6BrClO2. The van der Waals surface area contributed by atoms with Crippen molar-refractivity contribution in [1.82, 2.24) is 0 Å². The van der Waals surface area contributed by atoms with Crippen LogP contribution in [0, 0.1) is 0 Å². The molecule has 0 unspecified atom stereocenters. The third-order valence-electron chi connectivity index (χ3n) is 1.39. The summed E-state index contributed by atoms with van der Waals surface area (Å²) in [7, 11) is 0. The number of hydrogen-bond donors (Lipinski definition) is 1. The lowest BCUT2D eigenvalue weighted by Crippen LogP contribution is -1.98. The van der Waals surface area contributed by atoms with E-state index in [9.17, 15) is 4.79 Å². The molecule has 0 bridgehead atoms. The summed E-state index contributed by atoms with van der Waals surface area (Å²) in [6.45, 7) is 0. The molecule has 0 aliphatic carbocycles. The monoisotopic (exact) mass is 248 g/mol. The Kier molecular flexibility index (Phi) is 3.12. The summed E-state index contributed by atoms with van der Waals surface area (Å²) in [6.07, 6.45) is 0. The Morgan fingerprint density at radius 2 is 2.25 bits per heavy atom. The molecule has 0 aromatic heterocycles. The summed E-state index contributed by atoms with van der Waals surface area (Å²) in [5.74, 6) is -0.0697. The van der Waals surface area contributed by atoms with E-state index in [4.69, 9.17) is 16.7 Å². The molecule has 0 aliphatic rings. The number of phenolic OH excluding ortho intramolecular Hbond substituents is 1. The average Bonchev–Trinajstić information content (AvgIpc) is 2.08. The van der Waals surface area contributed by atoms with Crippen LogP contribution < -0.4 is 0 Å². The highest BCUT2D eigenvalue weighted by atomic mass is 79.9. The summed E-state index contributed by atoms with van der Waals surface area (Å²) in [5.41, 5.74) is 0.495. The average molecular weight is 249 g/mol. The van der Waals surface area contributed by atoms with Crippen LogP contribution in [0.1, 0.15) is 10.4 Å². The molecule has 1 aromatic carbocycles. The largest absolute Gasteiger partial charge is 0.506 e. The third kappa shape index (κ3) is 1.99. The third-order valence-corrected chi connectivity index (χ3v) is 2.20. The Hall–Kier alpha value is -0.540. The van der Waals surface area contributed by atoms with Crippen molar-refractivity contribution in [3.8, 4) is 5.75 Å². The van der Waals surface area contributed by atoms with Gasteiger partial charge in [-0.1, -0.05) is 27.5 Å². The quantitative estimate of drug-likeness (QED) is 0.646. The minimum absolute atomic E-state index is 0.0113. The first-order valence-electron chi connectivity index (χ1n) is 3.23. The number of rotatable bonds is 2. The summed E-state index contributed by atoms with van der Waals surface area (Å²) >= 11 is 8.64. The Balaban J connectivity index is 3.05. The van der Waals surface area contributed by atoms with Gasteiger partial charge in [0.2, 0.25) is 0 Å². The number of aromatic hydroxyl groups is 1. The standard InChI is InChI=1S/C8H6BrClO2/c9-4-8(12)5-1-2-7(11)6(10)3-5/h1-3,11H,4H2. The maximum atomic E-state index is 11.1.